The number of amides is 1. The molecule has 2 aromatic rings. The van der Waals surface area contributed by atoms with Crippen molar-refractivity contribution in [2.45, 2.75) is 30.9 Å². The summed E-state index contributed by atoms with van der Waals surface area (Å²) in [5.74, 6) is -2.57. The number of hydrogen-bond donors (Lipinski definition) is 1. The molecule has 1 aliphatic rings. The molecule has 1 heterocycles. The van der Waals surface area contributed by atoms with Gasteiger partial charge >= 0.3 is 5.97 Å². The van der Waals surface area contributed by atoms with Gasteiger partial charge in [0.05, 0.1) is 23.7 Å². The van der Waals surface area contributed by atoms with E-state index in [1.807, 2.05) is 30.3 Å². The minimum Gasteiger partial charge on any atom is -0.449 e. The van der Waals surface area contributed by atoms with E-state index in [0.29, 0.717) is 0 Å². The zero-order valence-corrected chi connectivity index (χ0v) is 18.4. The van der Waals surface area contributed by atoms with Gasteiger partial charge in [-0.05, 0) is 30.2 Å². The molecule has 32 heavy (non-hydrogen) atoms. The van der Waals surface area contributed by atoms with Crippen LogP contribution in [0.5, 0.6) is 0 Å². The molecule has 0 aliphatic carbocycles. The average Bonchev–Trinajstić information content (AvgIpc) is 2.82. The van der Waals surface area contributed by atoms with Crippen LogP contribution < -0.4 is 5.32 Å². The fourth-order valence-corrected chi connectivity index (χ4v) is 4.61. The van der Waals surface area contributed by atoms with Crippen molar-refractivity contribution in [2.75, 3.05) is 26.3 Å². The van der Waals surface area contributed by atoms with Gasteiger partial charge in [-0.25, -0.2) is 17.6 Å². The largest absolute Gasteiger partial charge is 0.449 e. The van der Waals surface area contributed by atoms with E-state index >= 15 is 0 Å². The fourth-order valence-electron chi connectivity index (χ4n) is 3.17. The van der Waals surface area contributed by atoms with Crippen molar-refractivity contribution in [3.05, 3.63) is 65.5 Å². The van der Waals surface area contributed by atoms with Crippen LogP contribution in [0.25, 0.3) is 0 Å². The Balaban J connectivity index is 1.71. The second-order valence-electron chi connectivity index (χ2n) is 7.16. The molecule has 1 N–H and O–H groups in total. The average molecular weight is 465 g/mol. The molecule has 8 nitrogen and oxygen atoms in total. The van der Waals surface area contributed by atoms with Crippen LogP contribution in [0.2, 0.25) is 0 Å². The third kappa shape index (κ3) is 5.70. The van der Waals surface area contributed by atoms with Gasteiger partial charge in [0.25, 0.3) is 5.91 Å². The van der Waals surface area contributed by atoms with Gasteiger partial charge in [-0.1, -0.05) is 37.3 Å². The molecule has 1 saturated heterocycles. The smallest absolute Gasteiger partial charge is 0.341 e. The van der Waals surface area contributed by atoms with Crippen LogP contribution in [-0.2, 0) is 30.8 Å². The number of rotatable bonds is 8. The molecule has 3 rings (SSSR count). The zero-order valence-electron chi connectivity index (χ0n) is 17.6. The highest BCUT2D eigenvalue weighted by Gasteiger charge is 2.29. The van der Waals surface area contributed by atoms with Crippen molar-refractivity contribution < 1.29 is 31.9 Å². The topological polar surface area (TPSA) is 102 Å². The first-order valence-electron chi connectivity index (χ1n) is 10.2. The highest BCUT2D eigenvalue weighted by Crippen LogP contribution is 2.21. The van der Waals surface area contributed by atoms with Gasteiger partial charge in [-0.2, -0.15) is 4.31 Å². The molecular formula is C22H25FN2O6S. The molecule has 2 aromatic carbocycles. The summed E-state index contributed by atoms with van der Waals surface area (Å²) in [6, 6.07) is 12.1. The second kappa shape index (κ2) is 10.7. The Morgan fingerprint density at radius 2 is 1.84 bits per heavy atom. The second-order valence-corrected chi connectivity index (χ2v) is 9.10. The summed E-state index contributed by atoms with van der Waals surface area (Å²) in [7, 11) is -3.92. The summed E-state index contributed by atoms with van der Waals surface area (Å²) in [5, 5.41) is 2.68. The summed E-state index contributed by atoms with van der Waals surface area (Å²) in [4.78, 5) is 24.8. The summed E-state index contributed by atoms with van der Waals surface area (Å²) < 4.78 is 51.6. The number of carbonyl (C=O) groups is 2. The molecule has 1 aliphatic heterocycles. The van der Waals surface area contributed by atoms with Crippen LogP contribution in [-0.4, -0.2) is 57.0 Å². The molecule has 172 valence electrons. The molecule has 0 bridgehead atoms. The van der Waals surface area contributed by atoms with Gasteiger partial charge < -0.3 is 14.8 Å². The van der Waals surface area contributed by atoms with E-state index in [4.69, 9.17) is 9.47 Å². The van der Waals surface area contributed by atoms with E-state index in [1.54, 1.807) is 6.92 Å². The van der Waals surface area contributed by atoms with Gasteiger partial charge in [0.1, 0.15) is 5.82 Å². The fraction of sp³-hybridized carbons (Fsp3) is 0.364. The van der Waals surface area contributed by atoms with Crippen molar-refractivity contribution >= 4 is 21.9 Å². The van der Waals surface area contributed by atoms with Gasteiger partial charge in [-0.15, -0.1) is 0 Å². The van der Waals surface area contributed by atoms with Crippen LogP contribution in [0.3, 0.4) is 0 Å². The molecular weight excluding hydrogens is 439 g/mol. The van der Waals surface area contributed by atoms with Crippen molar-refractivity contribution in [2.24, 2.45) is 0 Å². The highest BCUT2D eigenvalue weighted by atomic mass is 32.2. The minimum atomic E-state index is -3.92. The van der Waals surface area contributed by atoms with Crippen molar-refractivity contribution in [3.63, 3.8) is 0 Å². The zero-order chi connectivity index (χ0) is 23.1. The first-order valence-corrected chi connectivity index (χ1v) is 11.7. The number of hydrogen-bond acceptors (Lipinski definition) is 6. The van der Waals surface area contributed by atoms with Crippen LogP contribution in [0.1, 0.15) is 29.3 Å². The Kier molecular flexibility index (Phi) is 7.94. The van der Waals surface area contributed by atoms with Gasteiger partial charge in [0, 0.05) is 19.6 Å². The van der Waals surface area contributed by atoms with Crippen molar-refractivity contribution in [3.8, 4) is 0 Å². The number of halogens is 1. The predicted octanol–water partition coefficient (Wildman–Crippen LogP) is 2.10. The first-order chi connectivity index (χ1) is 15.3. The Morgan fingerprint density at radius 3 is 2.50 bits per heavy atom. The number of nitrogens with zero attached hydrogens (tertiary/aromatic N) is 1. The SMILES string of the molecule is CCC(OC(=O)c1cc(S(=O)(=O)N2CCOCC2)ccc1F)C(=O)NCc1ccccc1. The highest BCUT2D eigenvalue weighted by molar-refractivity contribution is 7.89. The van der Waals surface area contributed by atoms with E-state index < -0.39 is 39.4 Å². The third-order valence-corrected chi connectivity index (χ3v) is 6.88. The number of morpholine rings is 1. The standard InChI is InChI=1S/C22H25FN2O6S/c1-2-20(21(26)24-15-16-6-4-3-5-7-16)31-22(27)18-14-17(8-9-19(18)23)32(28,29)25-10-12-30-13-11-25/h3-9,14,20H,2,10-13,15H2,1H3,(H,24,26). The Hall–Kier alpha value is -2.82. The lowest BCUT2D eigenvalue weighted by molar-refractivity contribution is -0.130. The van der Waals surface area contributed by atoms with E-state index in [1.165, 1.54) is 4.31 Å². The molecule has 0 radical (unpaired) electrons. The van der Waals surface area contributed by atoms with Gasteiger partial charge in [0.2, 0.25) is 10.0 Å². The Morgan fingerprint density at radius 1 is 1.16 bits per heavy atom. The molecule has 1 amide bonds. The van der Waals surface area contributed by atoms with Gasteiger partial charge in [-0.3, -0.25) is 4.79 Å². The summed E-state index contributed by atoms with van der Waals surface area (Å²) >= 11 is 0. The number of esters is 1. The van der Waals surface area contributed by atoms with Crippen molar-refractivity contribution in [1.29, 1.82) is 0 Å². The van der Waals surface area contributed by atoms with E-state index in [9.17, 15) is 22.4 Å². The van der Waals surface area contributed by atoms with E-state index in [2.05, 4.69) is 5.32 Å². The van der Waals surface area contributed by atoms with E-state index in [-0.39, 0.29) is 44.2 Å². The van der Waals surface area contributed by atoms with E-state index in [0.717, 1.165) is 23.8 Å². The van der Waals surface area contributed by atoms with Crippen LogP contribution in [0.15, 0.2) is 53.4 Å². The quantitative estimate of drug-likeness (QED) is 0.601. The Labute approximate surface area is 186 Å². The maximum Gasteiger partial charge on any atom is 0.341 e. The lowest BCUT2D eigenvalue weighted by Gasteiger charge is -2.26. The summed E-state index contributed by atoms with van der Waals surface area (Å²) in [5.41, 5.74) is 0.322. The minimum absolute atomic E-state index is 0.166. The Bertz CT molecular complexity index is 1060. The number of ether oxygens (including phenoxy) is 2. The number of sulfonamides is 1. The maximum atomic E-state index is 14.3. The number of carbonyl (C=O) groups excluding carboxylic acids is 2. The molecule has 1 fully saturated rings. The molecule has 0 spiro atoms. The predicted molar refractivity (Wildman–Crippen MR) is 114 cm³/mol. The van der Waals surface area contributed by atoms with Crippen LogP contribution in [0, 0.1) is 5.82 Å². The van der Waals surface area contributed by atoms with Crippen molar-refractivity contribution in [1.82, 2.24) is 9.62 Å². The lowest BCUT2D eigenvalue weighted by atomic mass is 10.2. The normalized spacial score (nSPS) is 15.7. The molecule has 0 aromatic heterocycles. The lowest BCUT2D eigenvalue weighted by Crippen LogP contribution is -2.40. The summed E-state index contributed by atoms with van der Waals surface area (Å²) in [6.07, 6.45) is -0.982. The first kappa shape index (κ1) is 23.8. The molecule has 0 saturated carbocycles. The molecule has 1 unspecified atom stereocenters. The van der Waals surface area contributed by atoms with Crippen LogP contribution >= 0.6 is 0 Å². The number of benzene rings is 2. The summed E-state index contributed by atoms with van der Waals surface area (Å²) in [6.45, 7) is 2.74. The third-order valence-electron chi connectivity index (χ3n) is 4.99. The van der Waals surface area contributed by atoms with Gasteiger partial charge in [0.15, 0.2) is 6.10 Å². The number of nitrogens with one attached hydrogen (secondary N) is 1. The molecule has 1 atom stereocenters. The molecule has 10 heteroatoms. The van der Waals surface area contributed by atoms with Crippen LogP contribution in [0.4, 0.5) is 4.39 Å². The maximum absolute atomic E-state index is 14.3. The monoisotopic (exact) mass is 464 g/mol.